The fourth-order valence-electron chi connectivity index (χ4n) is 2.21. The Morgan fingerprint density at radius 1 is 0.923 bits per heavy atom. The lowest BCUT2D eigenvalue weighted by atomic mass is 10.1. The fourth-order valence-corrected chi connectivity index (χ4v) is 2.68. The summed E-state index contributed by atoms with van der Waals surface area (Å²) in [7, 11) is 0. The summed E-state index contributed by atoms with van der Waals surface area (Å²) >= 11 is 2.38. The van der Waals surface area contributed by atoms with Crippen molar-refractivity contribution < 1.29 is 0 Å². The van der Waals surface area contributed by atoms with Crippen molar-refractivity contribution in [1.29, 1.82) is 0 Å². The molecule has 3 aliphatic rings. The van der Waals surface area contributed by atoms with E-state index in [0.717, 1.165) is 0 Å². The highest BCUT2D eigenvalue weighted by molar-refractivity contribution is 14.1. The first-order chi connectivity index (χ1) is 6.34. The third-order valence-electron chi connectivity index (χ3n) is 2.90. The van der Waals surface area contributed by atoms with E-state index >= 15 is 0 Å². The van der Waals surface area contributed by atoms with Gasteiger partial charge in [0.05, 0.1) is 11.4 Å². The molecule has 2 nitrogen and oxygen atoms in total. The van der Waals surface area contributed by atoms with Gasteiger partial charge in [0.15, 0.2) is 0 Å². The number of piperazine rings is 1. The van der Waals surface area contributed by atoms with Crippen molar-refractivity contribution in [2.24, 2.45) is 0 Å². The minimum Gasteiger partial charge on any atom is -0.366 e. The fraction of sp³-hybridized carbons (Fsp3) is 0.400. The molecule has 0 unspecified atom stereocenters. The Balaban J connectivity index is 2.18. The van der Waals surface area contributed by atoms with Gasteiger partial charge in [-0.15, -0.1) is 0 Å². The summed E-state index contributed by atoms with van der Waals surface area (Å²) in [6.45, 7) is 4.81. The van der Waals surface area contributed by atoms with Crippen LogP contribution in [0.1, 0.15) is 0 Å². The highest BCUT2D eigenvalue weighted by atomic mass is 127. The first-order valence-electron chi connectivity index (χ1n) is 4.64. The number of nitrogens with zero attached hydrogens (tertiary/aromatic N) is 2. The summed E-state index contributed by atoms with van der Waals surface area (Å²) in [6.07, 6.45) is 0. The Labute approximate surface area is 91.7 Å². The molecule has 3 heteroatoms. The Morgan fingerprint density at radius 2 is 1.54 bits per heavy atom. The highest BCUT2D eigenvalue weighted by Crippen LogP contribution is 2.36. The quantitative estimate of drug-likeness (QED) is 0.672. The number of halogens is 1. The molecule has 1 fully saturated rings. The van der Waals surface area contributed by atoms with Gasteiger partial charge in [-0.1, -0.05) is 0 Å². The van der Waals surface area contributed by atoms with Crippen LogP contribution in [0.2, 0.25) is 0 Å². The van der Waals surface area contributed by atoms with Crippen LogP contribution in [0.25, 0.3) is 0 Å². The summed E-state index contributed by atoms with van der Waals surface area (Å²) in [5, 5.41) is 0. The highest BCUT2D eigenvalue weighted by Gasteiger charge is 2.27. The van der Waals surface area contributed by atoms with E-state index in [0.29, 0.717) is 0 Å². The van der Waals surface area contributed by atoms with Crippen LogP contribution in [-0.4, -0.2) is 26.2 Å². The van der Waals surface area contributed by atoms with Crippen LogP contribution in [0.4, 0.5) is 11.4 Å². The molecule has 1 aromatic carbocycles. The summed E-state index contributed by atoms with van der Waals surface area (Å²) in [5.41, 5.74) is 2.86. The smallest absolute Gasteiger partial charge is 0.0615 e. The lowest BCUT2D eigenvalue weighted by molar-refractivity contribution is 0.624. The van der Waals surface area contributed by atoms with Gasteiger partial charge in [-0.2, -0.15) is 0 Å². The minimum atomic E-state index is 1.20. The molecule has 13 heavy (non-hydrogen) atoms. The molecule has 0 aliphatic carbocycles. The molecule has 4 rings (SSSR count). The topological polar surface area (TPSA) is 6.48 Å². The van der Waals surface area contributed by atoms with Gasteiger partial charge in [0, 0.05) is 29.7 Å². The van der Waals surface area contributed by atoms with Gasteiger partial charge in [-0.25, -0.2) is 0 Å². The van der Waals surface area contributed by atoms with Crippen molar-refractivity contribution in [2.45, 2.75) is 0 Å². The largest absolute Gasteiger partial charge is 0.366 e. The zero-order valence-corrected chi connectivity index (χ0v) is 9.49. The molecule has 3 aliphatic heterocycles. The molecule has 1 saturated heterocycles. The lowest BCUT2D eigenvalue weighted by Gasteiger charge is -2.45. The van der Waals surface area contributed by atoms with Gasteiger partial charge in [-0.05, 0) is 40.8 Å². The molecular formula is C10H11IN2. The summed E-state index contributed by atoms with van der Waals surface area (Å²) in [5.74, 6) is 0. The van der Waals surface area contributed by atoms with E-state index in [-0.39, 0.29) is 0 Å². The molecular weight excluding hydrogens is 275 g/mol. The maximum absolute atomic E-state index is 2.50. The standard InChI is InChI=1S/C10H11IN2/c11-8-1-2-9-10(7-8)13-5-3-12(9)4-6-13/h1-2,7H,3-6H2. The number of rotatable bonds is 0. The summed E-state index contributed by atoms with van der Waals surface area (Å²) in [4.78, 5) is 4.99. The molecule has 3 heterocycles. The third-order valence-corrected chi connectivity index (χ3v) is 3.57. The number of fused-ring (bicyclic) bond motifs is 2. The molecule has 0 saturated carbocycles. The predicted octanol–water partition coefficient (Wildman–Crippen LogP) is 1.93. The van der Waals surface area contributed by atoms with Gasteiger partial charge in [0.25, 0.3) is 0 Å². The van der Waals surface area contributed by atoms with Crippen molar-refractivity contribution in [3.05, 3.63) is 21.8 Å². The van der Waals surface area contributed by atoms with Crippen LogP contribution in [-0.2, 0) is 0 Å². The Morgan fingerprint density at radius 3 is 2.23 bits per heavy atom. The second kappa shape index (κ2) is 2.77. The molecule has 0 radical (unpaired) electrons. The average Bonchev–Trinajstić information content (AvgIpc) is 2.19. The maximum atomic E-state index is 2.50. The van der Waals surface area contributed by atoms with E-state index in [4.69, 9.17) is 0 Å². The van der Waals surface area contributed by atoms with E-state index < -0.39 is 0 Å². The summed E-state index contributed by atoms with van der Waals surface area (Å²) < 4.78 is 1.34. The first-order valence-corrected chi connectivity index (χ1v) is 5.72. The maximum Gasteiger partial charge on any atom is 0.0615 e. The number of benzene rings is 1. The van der Waals surface area contributed by atoms with Gasteiger partial charge >= 0.3 is 0 Å². The second-order valence-corrected chi connectivity index (χ2v) is 4.85. The van der Waals surface area contributed by atoms with Crippen LogP contribution in [0.5, 0.6) is 0 Å². The van der Waals surface area contributed by atoms with Crippen LogP contribution in [0, 0.1) is 3.57 Å². The van der Waals surface area contributed by atoms with Crippen molar-refractivity contribution in [2.75, 3.05) is 36.0 Å². The van der Waals surface area contributed by atoms with Crippen molar-refractivity contribution >= 4 is 34.0 Å². The molecule has 1 aromatic rings. The van der Waals surface area contributed by atoms with Crippen LogP contribution in [0.3, 0.4) is 0 Å². The van der Waals surface area contributed by atoms with Gasteiger partial charge in [0.2, 0.25) is 0 Å². The van der Waals surface area contributed by atoms with Crippen molar-refractivity contribution in [3.8, 4) is 0 Å². The SMILES string of the molecule is Ic1ccc2c(c1)N1CCN2CC1. The first kappa shape index (κ1) is 7.91. The van der Waals surface area contributed by atoms with E-state index in [1.54, 1.807) is 0 Å². The normalized spacial score (nSPS) is 19.2. The molecule has 0 spiro atoms. The molecule has 0 atom stereocenters. The lowest BCUT2D eigenvalue weighted by Crippen LogP contribution is -2.51. The predicted molar refractivity (Wildman–Crippen MR) is 63.6 cm³/mol. The van der Waals surface area contributed by atoms with Gasteiger partial charge in [-0.3, -0.25) is 0 Å². The molecule has 2 bridgehead atoms. The van der Waals surface area contributed by atoms with Crippen LogP contribution in [0.15, 0.2) is 18.2 Å². The average molecular weight is 286 g/mol. The number of hydrogen-bond donors (Lipinski definition) is 0. The Hall–Kier alpha value is -0.450. The van der Waals surface area contributed by atoms with Crippen LogP contribution < -0.4 is 9.80 Å². The molecule has 68 valence electrons. The van der Waals surface area contributed by atoms with Gasteiger partial charge in [0.1, 0.15) is 0 Å². The Bertz CT molecular complexity index is 343. The van der Waals surface area contributed by atoms with E-state index in [9.17, 15) is 0 Å². The van der Waals surface area contributed by atoms with Crippen molar-refractivity contribution in [1.82, 2.24) is 0 Å². The van der Waals surface area contributed by atoms with E-state index in [2.05, 4.69) is 50.6 Å². The van der Waals surface area contributed by atoms with Gasteiger partial charge < -0.3 is 9.80 Å². The zero-order valence-electron chi connectivity index (χ0n) is 7.33. The molecule has 0 N–H and O–H groups in total. The second-order valence-electron chi connectivity index (χ2n) is 3.61. The monoisotopic (exact) mass is 286 g/mol. The van der Waals surface area contributed by atoms with Crippen molar-refractivity contribution in [3.63, 3.8) is 0 Å². The van der Waals surface area contributed by atoms with E-state index in [1.807, 2.05) is 0 Å². The minimum absolute atomic E-state index is 1.20. The molecule has 0 aromatic heterocycles. The van der Waals surface area contributed by atoms with Crippen LogP contribution >= 0.6 is 22.6 Å². The third kappa shape index (κ3) is 1.13. The summed E-state index contributed by atoms with van der Waals surface area (Å²) in [6, 6.07) is 6.74. The Kier molecular flexibility index (Phi) is 1.68. The molecule has 0 amide bonds. The number of hydrogen-bond acceptors (Lipinski definition) is 2. The van der Waals surface area contributed by atoms with E-state index in [1.165, 1.54) is 41.1 Å². The number of anilines is 2. The zero-order chi connectivity index (χ0) is 8.84.